The van der Waals surface area contributed by atoms with Crippen LogP contribution < -0.4 is 4.74 Å². The quantitative estimate of drug-likeness (QED) is 0.664. The largest absolute Gasteiger partial charge is 0.504 e. The van der Waals surface area contributed by atoms with Gasteiger partial charge >= 0.3 is 5.97 Å². The molecule has 0 bridgehead atoms. The molecule has 7 heteroatoms. The number of esters is 1. The van der Waals surface area contributed by atoms with Gasteiger partial charge in [-0.05, 0) is 49.9 Å². The summed E-state index contributed by atoms with van der Waals surface area (Å²) in [4.78, 5) is 16.7. The normalized spacial score (nSPS) is 23.7. The van der Waals surface area contributed by atoms with Gasteiger partial charge in [-0.1, -0.05) is 6.07 Å². The van der Waals surface area contributed by atoms with E-state index in [0.717, 1.165) is 64.3 Å². The molecule has 2 fully saturated rings. The topological polar surface area (TPSA) is 71.5 Å². The molecule has 3 rings (SSSR count). The van der Waals surface area contributed by atoms with Crippen molar-refractivity contribution in [3.8, 4) is 11.5 Å². The summed E-state index contributed by atoms with van der Waals surface area (Å²) < 4.78 is 15.9. The van der Waals surface area contributed by atoms with E-state index < -0.39 is 0 Å². The molecule has 0 amide bonds. The molecule has 0 unspecified atom stereocenters. The molecule has 2 saturated heterocycles. The SMILES string of the molecule is CCOc1cc(CN2CC[C@H](N3CCOCC3)[C@H](CCC(=O)OC)C2)ccc1O. The van der Waals surface area contributed by atoms with Gasteiger partial charge in [0.2, 0.25) is 0 Å². The van der Waals surface area contributed by atoms with E-state index in [4.69, 9.17) is 14.2 Å². The smallest absolute Gasteiger partial charge is 0.305 e. The van der Waals surface area contributed by atoms with Crippen LogP contribution in [0.15, 0.2) is 18.2 Å². The van der Waals surface area contributed by atoms with Crippen molar-refractivity contribution in [2.75, 3.05) is 53.1 Å². The second-order valence-electron chi connectivity index (χ2n) is 7.85. The Morgan fingerprint density at radius 2 is 2.07 bits per heavy atom. The Balaban J connectivity index is 1.65. The monoisotopic (exact) mass is 406 g/mol. The average Bonchev–Trinajstić information content (AvgIpc) is 2.75. The van der Waals surface area contributed by atoms with Gasteiger partial charge in [-0.15, -0.1) is 0 Å². The molecular formula is C22H34N2O5. The van der Waals surface area contributed by atoms with Crippen molar-refractivity contribution in [3.05, 3.63) is 23.8 Å². The van der Waals surface area contributed by atoms with Gasteiger partial charge < -0.3 is 19.3 Å². The molecule has 2 aliphatic rings. The maximum atomic E-state index is 11.7. The number of rotatable bonds is 8. The third-order valence-electron chi connectivity index (χ3n) is 5.97. The summed E-state index contributed by atoms with van der Waals surface area (Å²) in [7, 11) is 1.45. The molecule has 0 aliphatic carbocycles. The molecule has 0 radical (unpaired) electrons. The predicted octanol–water partition coefficient (Wildman–Crippen LogP) is 2.27. The number of hydrogen-bond donors (Lipinski definition) is 1. The zero-order valence-corrected chi connectivity index (χ0v) is 17.6. The first-order valence-electron chi connectivity index (χ1n) is 10.7. The summed E-state index contributed by atoms with van der Waals surface area (Å²) in [5, 5.41) is 9.94. The summed E-state index contributed by atoms with van der Waals surface area (Å²) in [5.74, 6) is 1.00. The first-order chi connectivity index (χ1) is 14.1. The zero-order chi connectivity index (χ0) is 20.6. The highest BCUT2D eigenvalue weighted by Crippen LogP contribution is 2.30. The predicted molar refractivity (Wildman–Crippen MR) is 110 cm³/mol. The number of carbonyl (C=O) groups is 1. The van der Waals surface area contributed by atoms with E-state index in [2.05, 4.69) is 9.80 Å². The number of hydrogen-bond acceptors (Lipinski definition) is 7. The Hall–Kier alpha value is -1.83. The highest BCUT2D eigenvalue weighted by Gasteiger charge is 2.34. The number of morpholine rings is 1. The van der Waals surface area contributed by atoms with E-state index in [1.807, 2.05) is 19.1 Å². The number of methoxy groups -OCH3 is 1. The maximum Gasteiger partial charge on any atom is 0.305 e. The molecule has 0 saturated carbocycles. The van der Waals surface area contributed by atoms with Gasteiger partial charge in [0.05, 0.1) is 26.9 Å². The molecule has 162 valence electrons. The highest BCUT2D eigenvalue weighted by molar-refractivity contribution is 5.69. The van der Waals surface area contributed by atoms with Gasteiger partial charge in [0.15, 0.2) is 11.5 Å². The van der Waals surface area contributed by atoms with Gasteiger partial charge in [0.1, 0.15) is 0 Å². The summed E-state index contributed by atoms with van der Waals surface area (Å²) in [6.45, 7) is 8.72. The van der Waals surface area contributed by atoms with E-state index in [0.29, 0.717) is 30.7 Å². The average molecular weight is 407 g/mol. The second-order valence-corrected chi connectivity index (χ2v) is 7.85. The van der Waals surface area contributed by atoms with Crippen molar-refractivity contribution < 1.29 is 24.1 Å². The lowest BCUT2D eigenvalue weighted by molar-refractivity contribution is -0.141. The molecule has 0 spiro atoms. The van der Waals surface area contributed by atoms with Crippen LogP contribution in [-0.4, -0.2) is 80.0 Å². The third-order valence-corrected chi connectivity index (χ3v) is 5.97. The third kappa shape index (κ3) is 6.07. The van der Waals surface area contributed by atoms with E-state index in [9.17, 15) is 9.90 Å². The van der Waals surface area contributed by atoms with Crippen LogP contribution in [0.3, 0.4) is 0 Å². The van der Waals surface area contributed by atoms with Gasteiger partial charge in [-0.3, -0.25) is 14.6 Å². The Kier molecular flexibility index (Phi) is 8.15. The molecule has 1 aromatic rings. The second kappa shape index (κ2) is 10.8. The van der Waals surface area contributed by atoms with Crippen molar-refractivity contribution in [1.82, 2.24) is 9.80 Å². The highest BCUT2D eigenvalue weighted by atomic mass is 16.5. The first-order valence-corrected chi connectivity index (χ1v) is 10.7. The van der Waals surface area contributed by atoms with E-state index in [1.54, 1.807) is 6.07 Å². The lowest BCUT2D eigenvalue weighted by atomic mass is 9.86. The van der Waals surface area contributed by atoms with Crippen LogP contribution in [0.5, 0.6) is 11.5 Å². The number of phenolic OH excluding ortho intramolecular Hbond substituents is 1. The van der Waals surface area contributed by atoms with E-state index in [-0.39, 0.29) is 11.7 Å². The molecule has 0 aromatic heterocycles. The number of aromatic hydroxyl groups is 1. The summed E-state index contributed by atoms with van der Waals surface area (Å²) in [6, 6.07) is 6.07. The van der Waals surface area contributed by atoms with Crippen LogP contribution in [0.1, 0.15) is 31.7 Å². The summed E-state index contributed by atoms with van der Waals surface area (Å²) in [6.07, 6.45) is 2.39. The number of phenols is 1. The van der Waals surface area contributed by atoms with Crippen LogP contribution >= 0.6 is 0 Å². The van der Waals surface area contributed by atoms with Crippen molar-refractivity contribution in [2.24, 2.45) is 5.92 Å². The molecule has 2 atom stereocenters. The minimum atomic E-state index is -0.136. The van der Waals surface area contributed by atoms with Crippen LogP contribution in [0.25, 0.3) is 0 Å². The fourth-order valence-electron chi connectivity index (χ4n) is 4.50. The number of carbonyl (C=O) groups excluding carboxylic acids is 1. The fourth-order valence-corrected chi connectivity index (χ4v) is 4.50. The van der Waals surface area contributed by atoms with Crippen molar-refractivity contribution in [1.29, 1.82) is 0 Å². The minimum absolute atomic E-state index is 0.136. The van der Waals surface area contributed by atoms with Gasteiger partial charge in [0, 0.05) is 38.6 Å². The molecule has 2 aliphatic heterocycles. The van der Waals surface area contributed by atoms with Crippen LogP contribution in [0, 0.1) is 5.92 Å². The number of ether oxygens (including phenoxy) is 3. The first kappa shape index (κ1) is 21.9. The van der Waals surface area contributed by atoms with Crippen molar-refractivity contribution in [2.45, 2.75) is 38.8 Å². The summed E-state index contributed by atoms with van der Waals surface area (Å²) >= 11 is 0. The van der Waals surface area contributed by atoms with Crippen LogP contribution in [0.4, 0.5) is 0 Å². The molecule has 7 nitrogen and oxygen atoms in total. The number of benzene rings is 1. The molecule has 2 heterocycles. The Morgan fingerprint density at radius 3 is 2.79 bits per heavy atom. The van der Waals surface area contributed by atoms with Gasteiger partial charge in [-0.25, -0.2) is 0 Å². The molecule has 1 aromatic carbocycles. The Bertz CT molecular complexity index is 663. The number of piperidine rings is 1. The van der Waals surface area contributed by atoms with Crippen molar-refractivity contribution >= 4 is 5.97 Å². The lowest BCUT2D eigenvalue weighted by Crippen LogP contribution is -2.53. The van der Waals surface area contributed by atoms with Crippen LogP contribution in [-0.2, 0) is 20.8 Å². The van der Waals surface area contributed by atoms with Gasteiger partial charge in [-0.2, -0.15) is 0 Å². The Morgan fingerprint density at radius 1 is 1.28 bits per heavy atom. The maximum absolute atomic E-state index is 11.7. The standard InChI is InChI=1S/C22H34N2O5/c1-3-29-21-14-17(4-6-20(21)25)15-23-9-8-19(24-10-12-28-13-11-24)18(16-23)5-7-22(26)27-2/h4,6,14,18-19,25H,3,5,7-13,15-16H2,1-2H3/t18-,19+/m1/s1. The van der Waals surface area contributed by atoms with Gasteiger partial charge in [0.25, 0.3) is 0 Å². The zero-order valence-electron chi connectivity index (χ0n) is 17.6. The minimum Gasteiger partial charge on any atom is -0.504 e. The fraction of sp³-hybridized carbons (Fsp3) is 0.682. The molecule has 1 N–H and O–H groups in total. The number of likely N-dealkylation sites (tertiary alicyclic amines) is 1. The van der Waals surface area contributed by atoms with Crippen molar-refractivity contribution in [3.63, 3.8) is 0 Å². The Labute approximate surface area is 173 Å². The van der Waals surface area contributed by atoms with Crippen LogP contribution in [0.2, 0.25) is 0 Å². The van der Waals surface area contributed by atoms with E-state index >= 15 is 0 Å². The molecule has 29 heavy (non-hydrogen) atoms. The lowest BCUT2D eigenvalue weighted by Gasteiger charge is -2.45. The molecular weight excluding hydrogens is 372 g/mol. The summed E-state index contributed by atoms with van der Waals surface area (Å²) in [5.41, 5.74) is 1.13. The van der Waals surface area contributed by atoms with E-state index in [1.165, 1.54) is 7.11 Å². The number of nitrogens with zero attached hydrogens (tertiary/aromatic N) is 2.